The largest absolute Gasteiger partial charge is 0.280 e. The molecule has 0 unspecified atom stereocenters. The van der Waals surface area contributed by atoms with E-state index in [-0.39, 0.29) is 0 Å². The van der Waals surface area contributed by atoms with E-state index < -0.39 is 0 Å². The van der Waals surface area contributed by atoms with Gasteiger partial charge in [0.1, 0.15) is 0 Å². The first-order valence-electron chi connectivity index (χ1n) is 3.02. The molecule has 1 aromatic heterocycles. The Bertz CT molecular complexity index is 245. The standard InChI is InChI=1S/C7H6ClIN2/c8-6-1-2-7(11-3-6)4-10-5-9/h1-3,5H,4H2/b10-5+. The predicted octanol–water partition coefficient (Wildman–Crippen LogP) is 2.70. The molecule has 58 valence electrons. The van der Waals surface area contributed by atoms with Crippen molar-refractivity contribution in [3.63, 3.8) is 0 Å². The lowest BCUT2D eigenvalue weighted by atomic mass is 10.3. The van der Waals surface area contributed by atoms with Crippen molar-refractivity contribution in [3.8, 4) is 0 Å². The number of aliphatic imine (C=N–C) groups is 1. The average molecular weight is 280 g/mol. The molecule has 0 aromatic carbocycles. The molecule has 4 heteroatoms. The Balaban J connectivity index is 2.66. The van der Waals surface area contributed by atoms with Crippen LogP contribution in [0.25, 0.3) is 0 Å². The maximum absolute atomic E-state index is 5.64. The fourth-order valence-electron chi connectivity index (χ4n) is 0.628. The lowest BCUT2D eigenvalue weighted by Crippen LogP contribution is -1.85. The Morgan fingerprint density at radius 2 is 2.45 bits per heavy atom. The molecule has 0 spiro atoms. The van der Waals surface area contributed by atoms with Gasteiger partial charge in [0.2, 0.25) is 0 Å². The first-order chi connectivity index (χ1) is 5.33. The normalized spacial score (nSPS) is 10.7. The van der Waals surface area contributed by atoms with E-state index in [2.05, 4.69) is 32.6 Å². The fraction of sp³-hybridized carbons (Fsp3) is 0.143. The third-order valence-corrected chi connectivity index (χ3v) is 1.73. The summed E-state index contributed by atoms with van der Waals surface area (Å²) < 4.78 is 1.73. The molecule has 0 N–H and O–H groups in total. The van der Waals surface area contributed by atoms with E-state index in [1.54, 1.807) is 10.4 Å². The van der Waals surface area contributed by atoms with Crippen LogP contribution in [0.4, 0.5) is 0 Å². The predicted molar refractivity (Wildman–Crippen MR) is 55.5 cm³/mol. The lowest BCUT2D eigenvalue weighted by Gasteiger charge is -1.93. The number of aromatic nitrogens is 1. The van der Waals surface area contributed by atoms with Crippen LogP contribution in [0.3, 0.4) is 0 Å². The van der Waals surface area contributed by atoms with Crippen molar-refractivity contribution in [1.29, 1.82) is 0 Å². The van der Waals surface area contributed by atoms with Crippen LogP contribution in [0.2, 0.25) is 5.02 Å². The van der Waals surface area contributed by atoms with Gasteiger partial charge >= 0.3 is 0 Å². The van der Waals surface area contributed by atoms with Crippen molar-refractivity contribution in [3.05, 3.63) is 29.0 Å². The van der Waals surface area contributed by atoms with Crippen molar-refractivity contribution in [2.45, 2.75) is 6.54 Å². The third-order valence-electron chi connectivity index (χ3n) is 1.11. The molecule has 11 heavy (non-hydrogen) atoms. The summed E-state index contributed by atoms with van der Waals surface area (Å²) in [7, 11) is 0. The van der Waals surface area contributed by atoms with Crippen molar-refractivity contribution >= 4 is 38.4 Å². The summed E-state index contributed by atoms with van der Waals surface area (Å²) in [5, 5.41) is 0.659. The minimum Gasteiger partial charge on any atom is -0.280 e. The van der Waals surface area contributed by atoms with Gasteiger partial charge in [0.05, 0.1) is 21.5 Å². The molecule has 1 aromatic rings. The second-order valence-corrected chi connectivity index (χ2v) is 2.90. The van der Waals surface area contributed by atoms with Gasteiger partial charge in [-0.3, -0.25) is 9.98 Å². The van der Waals surface area contributed by atoms with E-state index in [1.165, 1.54) is 0 Å². The van der Waals surface area contributed by atoms with Crippen LogP contribution in [0, 0.1) is 0 Å². The van der Waals surface area contributed by atoms with Gasteiger partial charge in [-0.25, -0.2) is 0 Å². The summed E-state index contributed by atoms with van der Waals surface area (Å²) >= 11 is 7.72. The highest BCUT2D eigenvalue weighted by atomic mass is 127. The number of pyridine rings is 1. The Kier molecular flexibility index (Phi) is 3.79. The van der Waals surface area contributed by atoms with Crippen LogP contribution in [0.15, 0.2) is 23.3 Å². The maximum atomic E-state index is 5.64. The number of hydrogen-bond acceptors (Lipinski definition) is 2. The van der Waals surface area contributed by atoms with Gasteiger partial charge < -0.3 is 0 Å². The minimum absolute atomic E-state index is 0.625. The first kappa shape index (κ1) is 8.93. The van der Waals surface area contributed by atoms with Crippen molar-refractivity contribution < 1.29 is 0 Å². The summed E-state index contributed by atoms with van der Waals surface area (Å²) in [6.07, 6.45) is 1.62. The molecule has 0 aliphatic carbocycles. The molecule has 2 nitrogen and oxygen atoms in total. The van der Waals surface area contributed by atoms with Gasteiger partial charge in [-0.1, -0.05) is 11.6 Å². The molecule has 0 atom stereocenters. The van der Waals surface area contributed by atoms with Crippen molar-refractivity contribution in [2.24, 2.45) is 4.99 Å². The molecular formula is C7H6ClIN2. The SMILES string of the molecule is Clc1ccc(C/N=C/I)nc1. The van der Waals surface area contributed by atoms with E-state index in [1.807, 2.05) is 12.1 Å². The molecule has 0 fully saturated rings. The van der Waals surface area contributed by atoms with Crippen LogP contribution >= 0.6 is 34.2 Å². The Hall–Kier alpha value is -0.160. The molecule has 0 radical (unpaired) electrons. The molecule has 1 heterocycles. The fourth-order valence-corrected chi connectivity index (χ4v) is 0.937. The zero-order chi connectivity index (χ0) is 8.10. The van der Waals surface area contributed by atoms with E-state index in [4.69, 9.17) is 11.6 Å². The van der Waals surface area contributed by atoms with Gasteiger partial charge in [0.25, 0.3) is 0 Å². The highest BCUT2D eigenvalue weighted by Gasteiger charge is 1.90. The van der Waals surface area contributed by atoms with Gasteiger partial charge in [-0.2, -0.15) is 0 Å². The number of nitrogens with zero attached hydrogens (tertiary/aromatic N) is 2. The summed E-state index contributed by atoms with van der Waals surface area (Å²) in [5.74, 6) is 0. The summed E-state index contributed by atoms with van der Waals surface area (Å²) in [4.78, 5) is 8.09. The maximum Gasteiger partial charge on any atom is 0.0817 e. The third kappa shape index (κ3) is 3.16. The smallest absolute Gasteiger partial charge is 0.0817 e. The average Bonchev–Trinajstić information content (AvgIpc) is 2.04. The molecule has 0 aliphatic rings. The number of halogens is 2. The molecule has 0 saturated carbocycles. The minimum atomic E-state index is 0.625. The van der Waals surface area contributed by atoms with Gasteiger partial charge in [-0.15, -0.1) is 0 Å². The zero-order valence-electron chi connectivity index (χ0n) is 5.67. The van der Waals surface area contributed by atoms with Crippen LogP contribution in [0.1, 0.15) is 5.69 Å². The Morgan fingerprint density at radius 3 is 3.00 bits per heavy atom. The monoisotopic (exact) mass is 280 g/mol. The van der Waals surface area contributed by atoms with Crippen molar-refractivity contribution in [2.75, 3.05) is 0 Å². The number of hydrogen-bond donors (Lipinski definition) is 0. The molecule has 0 bridgehead atoms. The second kappa shape index (κ2) is 4.66. The van der Waals surface area contributed by atoms with Gasteiger partial charge in [-0.05, 0) is 34.7 Å². The van der Waals surface area contributed by atoms with Crippen LogP contribution in [0.5, 0.6) is 0 Å². The van der Waals surface area contributed by atoms with E-state index in [9.17, 15) is 0 Å². The Morgan fingerprint density at radius 1 is 1.64 bits per heavy atom. The van der Waals surface area contributed by atoms with Crippen LogP contribution < -0.4 is 0 Å². The highest BCUT2D eigenvalue weighted by molar-refractivity contribution is 14.1. The summed E-state index contributed by atoms with van der Waals surface area (Å²) in [6.45, 7) is 0.625. The van der Waals surface area contributed by atoms with E-state index >= 15 is 0 Å². The van der Waals surface area contributed by atoms with Gasteiger partial charge in [0.15, 0.2) is 0 Å². The molecule has 0 aliphatic heterocycles. The quantitative estimate of drug-likeness (QED) is 0.604. The zero-order valence-corrected chi connectivity index (χ0v) is 8.58. The molecular weight excluding hydrogens is 274 g/mol. The van der Waals surface area contributed by atoms with Crippen molar-refractivity contribution in [1.82, 2.24) is 4.98 Å². The summed E-state index contributed by atoms with van der Waals surface area (Å²) in [5.41, 5.74) is 0.933. The second-order valence-electron chi connectivity index (χ2n) is 1.91. The molecule has 1 rings (SSSR count). The van der Waals surface area contributed by atoms with E-state index in [0.717, 1.165) is 5.69 Å². The lowest BCUT2D eigenvalue weighted by molar-refractivity contribution is 0.999. The first-order valence-corrected chi connectivity index (χ1v) is 4.64. The molecule has 0 amide bonds. The van der Waals surface area contributed by atoms with E-state index in [0.29, 0.717) is 11.6 Å². The topological polar surface area (TPSA) is 25.2 Å². The Labute approximate surface area is 83.8 Å². The van der Waals surface area contributed by atoms with Crippen LogP contribution in [-0.4, -0.2) is 9.21 Å². The van der Waals surface area contributed by atoms with Gasteiger partial charge in [0, 0.05) is 6.20 Å². The highest BCUT2D eigenvalue weighted by Crippen LogP contribution is 2.06. The summed E-state index contributed by atoms with van der Waals surface area (Å²) in [6, 6.07) is 3.68. The molecule has 0 saturated heterocycles. The number of rotatable bonds is 2. The van der Waals surface area contributed by atoms with Crippen LogP contribution in [-0.2, 0) is 6.54 Å².